The molecule has 4 rings (SSSR count). The smallest absolute Gasteiger partial charge is 0.399 e. The van der Waals surface area contributed by atoms with E-state index in [1.54, 1.807) is 12.3 Å². The molecule has 3 N–H and O–H groups in total. The van der Waals surface area contributed by atoms with Crippen molar-refractivity contribution in [3.8, 4) is 11.3 Å². The Morgan fingerprint density at radius 1 is 0.971 bits per heavy atom. The standard InChI is InChI=1S/C27H32BN3O3/c1-17(2)18-7-9-19(10-8-18)25(32)31-24-15-20(11-13-22(24)29)23-14-12-21(16-30-23)28-33-26(3,4)27(5,6)34-28/h7-17H,29H2,1-6H3,(H,31,32). The number of aromatic nitrogens is 1. The van der Waals surface area contributed by atoms with Crippen molar-refractivity contribution in [3.05, 3.63) is 71.9 Å². The van der Waals surface area contributed by atoms with Crippen LogP contribution in [0.25, 0.3) is 11.3 Å². The number of rotatable bonds is 5. The Kier molecular flexibility index (Phi) is 6.27. The first kappa shape index (κ1) is 24.0. The number of nitrogens with zero attached hydrogens (tertiary/aromatic N) is 1. The van der Waals surface area contributed by atoms with Crippen molar-refractivity contribution < 1.29 is 14.1 Å². The molecular formula is C27H32BN3O3. The fourth-order valence-corrected chi connectivity index (χ4v) is 3.73. The van der Waals surface area contributed by atoms with E-state index in [1.807, 2.05) is 76.2 Å². The van der Waals surface area contributed by atoms with Gasteiger partial charge in [0, 0.05) is 22.8 Å². The highest BCUT2D eigenvalue weighted by atomic mass is 16.7. The largest absolute Gasteiger partial charge is 0.496 e. The quantitative estimate of drug-likeness (QED) is 0.416. The van der Waals surface area contributed by atoms with Crippen LogP contribution in [0.2, 0.25) is 0 Å². The molecule has 1 amide bonds. The Morgan fingerprint density at radius 3 is 2.18 bits per heavy atom. The van der Waals surface area contributed by atoms with Crippen LogP contribution in [0.1, 0.15) is 63.4 Å². The maximum atomic E-state index is 12.8. The van der Waals surface area contributed by atoms with Crippen molar-refractivity contribution in [3.63, 3.8) is 0 Å². The summed E-state index contributed by atoms with van der Waals surface area (Å²) < 4.78 is 12.2. The van der Waals surface area contributed by atoms with Crippen LogP contribution in [-0.2, 0) is 9.31 Å². The molecule has 0 aliphatic carbocycles. The van der Waals surface area contributed by atoms with Gasteiger partial charge in [0.2, 0.25) is 0 Å². The molecule has 2 heterocycles. The zero-order valence-electron chi connectivity index (χ0n) is 20.7. The molecule has 1 fully saturated rings. The summed E-state index contributed by atoms with van der Waals surface area (Å²) in [5, 5.41) is 2.93. The van der Waals surface area contributed by atoms with Crippen molar-refractivity contribution in [2.24, 2.45) is 0 Å². The third kappa shape index (κ3) is 4.72. The number of nitrogens with one attached hydrogen (secondary N) is 1. The first-order valence-electron chi connectivity index (χ1n) is 11.6. The van der Waals surface area contributed by atoms with Gasteiger partial charge in [-0.15, -0.1) is 0 Å². The van der Waals surface area contributed by atoms with Crippen molar-refractivity contribution in [1.82, 2.24) is 4.98 Å². The van der Waals surface area contributed by atoms with Gasteiger partial charge in [-0.2, -0.15) is 0 Å². The fraction of sp³-hybridized carbons (Fsp3) is 0.333. The predicted octanol–water partition coefficient (Wildman–Crippen LogP) is 5.01. The Balaban J connectivity index is 1.51. The number of nitrogen functional groups attached to an aromatic ring is 1. The summed E-state index contributed by atoms with van der Waals surface area (Å²) in [7, 11) is -0.463. The number of anilines is 2. The van der Waals surface area contributed by atoms with Gasteiger partial charge in [-0.1, -0.05) is 38.1 Å². The number of hydrogen-bond acceptors (Lipinski definition) is 5. The minimum atomic E-state index is -0.463. The summed E-state index contributed by atoms with van der Waals surface area (Å²) in [5.74, 6) is 0.205. The van der Waals surface area contributed by atoms with E-state index >= 15 is 0 Å². The normalized spacial score (nSPS) is 16.6. The Hall–Kier alpha value is -3.16. The average Bonchev–Trinajstić information content (AvgIpc) is 3.02. The van der Waals surface area contributed by atoms with Gasteiger partial charge in [-0.05, 0) is 69.5 Å². The van der Waals surface area contributed by atoms with Gasteiger partial charge in [0.25, 0.3) is 5.91 Å². The highest BCUT2D eigenvalue weighted by Crippen LogP contribution is 2.36. The highest BCUT2D eigenvalue weighted by Gasteiger charge is 2.51. The number of amides is 1. The molecule has 176 valence electrons. The number of hydrogen-bond donors (Lipinski definition) is 2. The van der Waals surface area contributed by atoms with E-state index in [1.165, 1.54) is 5.56 Å². The maximum absolute atomic E-state index is 12.8. The molecular weight excluding hydrogens is 425 g/mol. The molecule has 34 heavy (non-hydrogen) atoms. The molecule has 2 aromatic carbocycles. The molecule has 0 radical (unpaired) electrons. The van der Waals surface area contributed by atoms with E-state index in [4.69, 9.17) is 15.0 Å². The molecule has 1 aromatic heterocycles. The second-order valence-corrected chi connectivity index (χ2v) is 10.1. The van der Waals surface area contributed by atoms with Crippen LogP contribution in [0.15, 0.2) is 60.8 Å². The van der Waals surface area contributed by atoms with Crippen molar-refractivity contribution >= 4 is 29.9 Å². The summed E-state index contributed by atoms with van der Waals surface area (Å²) in [6, 6.07) is 17.0. The number of benzene rings is 2. The topological polar surface area (TPSA) is 86.5 Å². The number of nitrogens with two attached hydrogens (primary N) is 1. The first-order chi connectivity index (χ1) is 16.0. The Bertz CT molecular complexity index is 1170. The second kappa shape index (κ2) is 8.89. The lowest BCUT2D eigenvalue weighted by atomic mass is 9.80. The monoisotopic (exact) mass is 457 g/mol. The zero-order chi connectivity index (χ0) is 24.7. The van der Waals surface area contributed by atoms with Gasteiger partial charge in [0.15, 0.2) is 0 Å². The summed E-state index contributed by atoms with van der Waals surface area (Å²) in [6.45, 7) is 12.3. The molecule has 1 aliphatic heterocycles. The highest BCUT2D eigenvalue weighted by molar-refractivity contribution is 6.62. The third-order valence-corrected chi connectivity index (χ3v) is 6.75. The first-order valence-corrected chi connectivity index (χ1v) is 11.6. The maximum Gasteiger partial charge on any atom is 0.496 e. The van der Waals surface area contributed by atoms with Crippen LogP contribution in [0.4, 0.5) is 11.4 Å². The lowest BCUT2D eigenvalue weighted by Gasteiger charge is -2.32. The fourth-order valence-electron chi connectivity index (χ4n) is 3.73. The van der Waals surface area contributed by atoms with Crippen molar-refractivity contribution in [1.29, 1.82) is 0 Å². The summed E-state index contributed by atoms with van der Waals surface area (Å²) >= 11 is 0. The molecule has 0 atom stereocenters. The molecule has 1 aliphatic rings. The van der Waals surface area contributed by atoms with Gasteiger partial charge < -0.3 is 20.4 Å². The van der Waals surface area contributed by atoms with Crippen LogP contribution in [0.3, 0.4) is 0 Å². The van der Waals surface area contributed by atoms with Crippen LogP contribution < -0.4 is 16.5 Å². The molecule has 1 saturated heterocycles. The van der Waals surface area contributed by atoms with E-state index in [2.05, 4.69) is 24.1 Å². The summed E-state index contributed by atoms with van der Waals surface area (Å²) in [4.78, 5) is 17.4. The Morgan fingerprint density at radius 2 is 1.62 bits per heavy atom. The number of pyridine rings is 1. The second-order valence-electron chi connectivity index (χ2n) is 10.1. The SMILES string of the molecule is CC(C)c1ccc(C(=O)Nc2cc(-c3ccc(B4OC(C)(C)C(C)(C)O4)cn3)ccc2N)cc1. The average molecular weight is 457 g/mol. The lowest BCUT2D eigenvalue weighted by molar-refractivity contribution is 0.00578. The number of carbonyl (C=O) groups is 1. The van der Waals surface area contributed by atoms with E-state index in [9.17, 15) is 4.79 Å². The van der Waals surface area contributed by atoms with E-state index in [-0.39, 0.29) is 5.91 Å². The molecule has 0 spiro atoms. The molecule has 0 saturated carbocycles. The van der Waals surface area contributed by atoms with Crippen LogP contribution >= 0.6 is 0 Å². The van der Waals surface area contributed by atoms with Gasteiger partial charge in [0.1, 0.15) is 0 Å². The van der Waals surface area contributed by atoms with E-state index in [0.717, 1.165) is 16.7 Å². The van der Waals surface area contributed by atoms with Crippen LogP contribution in [-0.4, -0.2) is 29.2 Å². The molecule has 7 heteroatoms. The third-order valence-electron chi connectivity index (χ3n) is 6.75. The molecule has 6 nitrogen and oxygen atoms in total. The minimum Gasteiger partial charge on any atom is -0.399 e. The summed E-state index contributed by atoms with van der Waals surface area (Å²) in [5.41, 5.74) is 10.6. The molecule has 0 bridgehead atoms. The van der Waals surface area contributed by atoms with Crippen molar-refractivity contribution in [2.75, 3.05) is 11.1 Å². The summed E-state index contributed by atoms with van der Waals surface area (Å²) in [6.07, 6.45) is 1.77. The van der Waals surface area contributed by atoms with Gasteiger partial charge in [-0.25, -0.2) is 0 Å². The Labute approximate surface area is 202 Å². The van der Waals surface area contributed by atoms with Crippen molar-refractivity contribution in [2.45, 2.75) is 58.7 Å². The predicted molar refractivity (Wildman–Crippen MR) is 138 cm³/mol. The van der Waals surface area contributed by atoms with Gasteiger partial charge >= 0.3 is 7.12 Å². The lowest BCUT2D eigenvalue weighted by Crippen LogP contribution is -2.41. The minimum absolute atomic E-state index is 0.205. The van der Waals surface area contributed by atoms with Crippen LogP contribution in [0, 0.1) is 0 Å². The van der Waals surface area contributed by atoms with E-state index < -0.39 is 18.3 Å². The zero-order valence-corrected chi connectivity index (χ0v) is 20.7. The van der Waals surface area contributed by atoms with E-state index in [0.29, 0.717) is 22.9 Å². The van der Waals surface area contributed by atoms with Gasteiger partial charge in [-0.3, -0.25) is 9.78 Å². The molecule has 3 aromatic rings. The van der Waals surface area contributed by atoms with Gasteiger partial charge in [0.05, 0.1) is 28.3 Å². The van der Waals surface area contributed by atoms with Crippen LogP contribution in [0.5, 0.6) is 0 Å². The number of carbonyl (C=O) groups excluding carboxylic acids is 1. The molecule has 0 unspecified atom stereocenters.